The van der Waals surface area contributed by atoms with Gasteiger partial charge in [-0.15, -0.1) is 0 Å². The van der Waals surface area contributed by atoms with Gasteiger partial charge in [-0.3, -0.25) is 10.1 Å². The second-order valence-electron chi connectivity index (χ2n) is 6.82. The van der Waals surface area contributed by atoms with Gasteiger partial charge in [-0.05, 0) is 36.2 Å². The lowest BCUT2D eigenvalue weighted by molar-refractivity contribution is -0.137. The van der Waals surface area contributed by atoms with Crippen LogP contribution in [0.4, 0.5) is 18.9 Å². The first-order valence-corrected chi connectivity index (χ1v) is 9.67. The lowest BCUT2D eigenvalue weighted by Gasteiger charge is -2.24. The van der Waals surface area contributed by atoms with Crippen LogP contribution >= 0.6 is 11.6 Å². The number of amides is 1. The Morgan fingerprint density at radius 3 is 1.93 bits per heavy atom. The Hall–Kier alpha value is -2.83. The zero-order chi connectivity index (χ0) is 21.7. The summed E-state index contributed by atoms with van der Waals surface area (Å²) >= 11 is 5.70. The van der Waals surface area contributed by atoms with Crippen LogP contribution in [0, 0.1) is 0 Å². The van der Waals surface area contributed by atoms with Gasteiger partial charge in [0.1, 0.15) is 0 Å². The average molecular weight is 433 g/mol. The van der Waals surface area contributed by atoms with Crippen LogP contribution in [-0.4, -0.2) is 11.9 Å². The molecule has 0 heterocycles. The summed E-state index contributed by atoms with van der Waals surface area (Å²) in [6.45, 7) is 1.61. The molecule has 0 bridgehead atoms. The average Bonchev–Trinajstić information content (AvgIpc) is 2.73. The first-order chi connectivity index (χ1) is 14.3. The van der Waals surface area contributed by atoms with Crippen molar-refractivity contribution in [2.24, 2.45) is 0 Å². The van der Waals surface area contributed by atoms with Gasteiger partial charge >= 0.3 is 6.18 Å². The Balaban J connectivity index is 1.82. The van der Waals surface area contributed by atoms with Crippen molar-refractivity contribution < 1.29 is 18.0 Å². The van der Waals surface area contributed by atoms with E-state index in [-0.39, 0.29) is 16.8 Å². The molecule has 0 unspecified atom stereocenters. The van der Waals surface area contributed by atoms with Crippen LogP contribution in [0.1, 0.15) is 29.7 Å². The SMILES string of the molecule is C[C@H](NC(c1ccccc1)c1ccccc1)C(=O)Nc1ccc(Cl)cc1C(F)(F)F. The maximum atomic E-state index is 13.3. The highest BCUT2D eigenvalue weighted by atomic mass is 35.5. The topological polar surface area (TPSA) is 41.1 Å². The molecule has 2 N–H and O–H groups in total. The Bertz CT molecular complexity index is 955. The van der Waals surface area contributed by atoms with Crippen molar-refractivity contribution in [1.29, 1.82) is 0 Å². The molecule has 156 valence electrons. The molecule has 0 aromatic heterocycles. The van der Waals surface area contributed by atoms with E-state index in [2.05, 4.69) is 10.6 Å². The van der Waals surface area contributed by atoms with Gasteiger partial charge in [0.05, 0.1) is 23.3 Å². The van der Waals surface area contributed by atoms with Gasteiger partial charge in [0, 0.05) is 5.02 Å². The third-order valence-electron chi connectivity index (χ3n) is 4.62. The molecule has 0 aliphatic rings. The number of nitrogens with one attached hydrogen (secondary N) is 2. The maximum absolute atomic E-state index is 13.3. The summed E-state index contributed by atoms with van der Waals surface area (Å²) in [5, 5.41) is 5.54. The van der Waals surface area contributed by atoms with Crippen LogP contribution in [0.25, 0.3) is 0 Å². The molecule has 3 aromatic rings. The van der Waals surface area contributed by atoms with Gasteiger partial charge in [-0.25, -0.2) is 0 Å². The Morgan fingerprint density at radius 1 is 0.900 bits per heavy atom. The molecule has 3 nitrogen and oxygen atoms in total. The number of halogens is 4. The van der Waals surface area contributed by atoms with E-state index < -0.39 is 23.7 Å². The lowest BCUT2D eigenvalue weighted by Crippen LogP contribution is -2.40. The van der Waals surface area contributed by atoms with Gasteiger partial charge in [-0.1, -0.05) is 72.3 Å². The highest BCUT2D eigenvalue weighted by molar-refractivity contribution is 6.30. The summed E-state index contributed by atoms with van der Waals surface area (Å²) in [5.74, 6) is -0.584. The van der Waals surface area contributed by atoms with Gasteiger partial charge in [0.25, 0.3) is 0 Å². The largest absolute Gasteiger partial charge is 0.418 e. The van der Waals surface area contributed by atoms with Crippen LogP contribution < -0.4 is 10.6 Å². The summed E-state index contributed by atoms with van der Waals surface area (Å²) in [7, 11) is 0. The lowest BCUT2D eigenvalue weighted by atomic mass is 9.98. The quantitative estimate of drug-likeness (QED) is 0.496. The molecule has 7 heteroatoms. The molecule has 30 heavy (non-hydrogen) atoms. The van der Waals surface area contributed by atoms with E-state index in [0.29, 0.717) is 0 Å². The summed E-state index contributed by atoms with van der Waals surface area (Å²) in [6.07, 6.45) is -4.64. The van der Waals surface area contributed by atoms with Crippen LogP contribution in [0.3, 0.4) is 0 Å². The van der Waals surface area contributed by atoms with Crippen molar-refractivity contribution in [3.63, 3.8) is 0 Å². The van der Waals surface area contributed by atoms with E-state index in [4.69, 9.17) is 11.6 Å². The van der Waals surface area contributed by atoms with E-state index in [1.54, 1.807) is 6.92 Å². The second kappa shape index (κ2) is 9.32. The zero-order valence-electron chi connectivity index (χ0n) is 16.1. The third kappa shape index (κ3) is 5.40. The number of carbonyl (C=O) groups excluding carboxylic acids is 1. The molecule has 1 amide bonds. The van der Waals surface area contributed by atoms with E-state index in [0.717, 1.165) is 23.3 Å². The fourth-order valence-electron chi connectivity index (χ4n) is 3.10. The zero-order valence-corrected chi connectivity index (χ0v) is 16.8. The Labute approximate surface area is 177 Å². The highest BCUT2D eigenvalue weighted by Gasteiger charge is 2.34. The van der Waals surface area contributed by atoms with Crippen LogP contribution in [0.2, 0.25) is 5.02 Å². The number of hydrogen-bond acceptors (Lipinski definition) is 2. The molecule has 1 atom stereocenters. The molecular formula is C23H20ClF3N2O. The molecule has 0 radical (unpaired) electrons. The summed E-state index contributed by atoms with van der Waals surface area (Å²) < 4.78 is 39.9. The van der Waals surface area contributed by atoms with E-state index >= 15 is 0 Å². The predicted molar refractivity (Wildman–Crippen MR) is 112 cm³/mol. The summed E-state index contributed by atoms with van der Waals surface area (Å²) in [6, 6.07) is 21.2. The molecule has 3 aromatic carbocycles. The molecule has 0 saturated heterocycles. The van der Waals surface area contributed by atoms with Crippen LogP contribution in [0.5, 0.6) is 0 Å². The van der Waals surface area contributed by atoms with Crippen LogP contribution in [-0.2, 0) is 11.0 Å². The van der Waals surface area contributed by atoms with E-state index in [1.807, 2.05) is 60.7 Å². The molecule has 0 aliphatic heterocycles. The van der Waals surface area contributed by atoms with Gasteiger partial charge in [0.15, 0.2) is 0 Å². The number of benzene rings is 3. The van der Waals surface area contributed by atoms with Crippen molar-refractivity contribution in [1.82, 2.24) is 5.32 Å². The number of carbonyl (C=O) groups is 1. The van der Waals surface area contributed by atoms with Gasteiger partial charge in [0.2, 0.25) is 5.91 Å². The highest BCUT2D eigenvalue weighted by Crippen LogP contribution is 2.36. The van der Waals surface area contributed by atoms with E-state index in [1.165, 1.54) is 6.07 Å². The first-order valence-electron chi connectivity index (χ1n) is 9.29. The normalized spacial score (nSPS) is 12.6. The van der Waals surface area contributed by atoms with Crippen molar-refractivity contribution in [2.75, 3.05) is 5.32 Å². The maximum Gasteiger partial charge on any atom is 0.418 e. The molecule has 0 fully saturated rings. The number of anilines is 1. The fraction of sp³-hybridized carbons (Fsp3) is 0.174. The summed E-state index contributed by atoms with van der Waals surface area (Å²) in [4.78, 5) is 12.7. The Morgan fingerprint density at radius 2 is 1.43 bits per heavy atom. The molecule has 3 rings (SSSR count). The number of alkyl halides is 3. The molecule has 0 saturated carbocycles. The smallest absolute Gasteiger partial charge is 0.324 e. The summed E-state index contributed by atoms with van der Waals surface area (Å²) in [5.41, 5.74) is 0.552. The predicted octanol–water partition coefficient (Wildman–Crippen LogP) is 6.07. The van der Waals surface area contributed by atoms with E-state index in [9.17, 15) is 18.0 Å². The molecule has 0 aliphatic carbocycles. The minimum atomic E-state index is -4.64. The minimum absolute atomic E-state index is 0.0558. The minimum Gasteiger partial charge on any atom is -0.324 e. The standard InChI is InChI=1S/C23H20ClF3N2O/c1-15(22(30)29-20-13-12-18(24)14-19(20)23(25,26)27)28-21(16-8-4-2-5-9-16)17-10-6-3-7-11-17/h2-15,21,28H,1H3,(H,29,30)/t15-/m0/s1. The van der Waals surface area contributed by atoms with Crippen molar-refractivity contribution >= 4 is 23.2 Å². The first kappa shape index (κ1) is 21.9. The van der Waals surface area contributed by atoms with Crippen LogP contribution in [0.15, 0.2) is 78.9 Å². The van der Waals surface area contributed by atoms with Crippen molar-refractivity contribution in [3.05, 3.63) is 101 Å². The van der Waals surface area contributed by atoms with Gasteiger partial charge < -0.3 is 5.32 Å². The molecular weight excluding hydrogens is 413 g/mol. The molecule has 0 spiro atoms. The third-order valence-corrected chi connectivity index (χ3v) is 4.86. The van der Waals surface area contributed by atoms with Gasteiger partial charge in [-0.2, -0.15) is 13.2 Å². The monoisotopic (exact) mass is 432 g/mol. The number of hydrogen-bond donors (Lipinski definition) is 2. The fourth-order valence-corrected chi connectivity index (χ4v) is 3.27. The second-order valence-corrected chi connectivity index (χ2v) is 7.26. The number of rotatable bonds is 6. The van der Waals surface area contributed by atoms with Crippen molar-refractivity contribution in [3.8, 4) is 0 Å². The Kier molecular flexibility index (Phi) is 6.80. The van der Waals surface area contributed by atoms with Crippen molar-refractivity contribution in [2.45, 2.75) is 25.2 Å².